The van der Waals surface area contributed by atoms with Crippen LogP contribution >= 0.6 is 22.9 Å². The number of carbonyl (C=O) groups excluding carboxylic acids is 3. The van der Waals surface area contributed by atoms with E-state index in [4.69, 9.17) is 16.3 Å². The summed E-state index contributed by atoms with van der Waals surface area (Å²) in [6.07, 6.45) is 0.795. The van der Waals surface area contributed by atoms with Gasteiger partial charge in [0.2, 0.25) is 0 Å². The summed E-state index contributed by atoms with van der Waals surface area (Å²) in [6.45, 7) is 11.4. The Morgan fingerprint density at radius 3 is 2.50 bits per heavy atom. The number of thiazole rings is 1. The van der Waals surface area contributed by atoms with Crippen molar-refractivity contribution in [2.45, 2.75) is 65.8 Å². The van der Waals surface area contributed by atoms with Gasteiger partial charge in [-0.3, -0.25) is 9.69 Å². The molecule has 1 aromatic heterocycles. The Morgan fingerprint density at radius 2 is 1.82 bits per heavy atom. The fourth-order valence-corrected chi connectivity index (χ4v) is 5.28. The lowest BCUT2D eigenvalue weighted by Crippen LogP contribution is -2.35. The van der Waals surface area contributed by atoms with Gasteiger partial charge in [-0.25, -0.2) is 14.6 Å². The molecule has 0 saturated heterocycles. The molecule has 3 amide bonds. The molecule has 0 atom stereocenters. The molecule has 2 heterocycles. The third-order valence-corrected chi connectivity index (χ3v) is 7.55. The minimum absolute atomic E-state index is 0.0986. The molecule has 11 heteroatoms. The Kier molecular flexibility index (Phi) is 9.12. The normalized spacial score (nSPS) is 13.5. The van der Waals surface area contributed by atoms with Gasteiger partial charge in [0.1, 0.15) is 5.60 Å². The number of benzene rings is 2. The molecule has 3 N–H and O–H groups in total. The topological polar surface area (TPSA) is 113 Å². The van der Waals surface area contributed by atoms with Gasteiger partial charge in [-0.2, -0.15) is 0 Å². The molecule has 1 aliphatic rings. The highest BCUT2D eigenvalue weighted by molar-refractivity contribution is 7.13. The zero-order valence-electron chi connectivity index (χ0n) is 23.3. The quantitative estimate of drug-likeness (QED) is 0.290. The van der Waals surface area contributed by atoms with Crippen LogP contribution in [0.5, 0.6) is 0 Å². The summed E-state index contributed by atoms with van der Waals surface area (Å²) >= 11 is 7.29. The minimum atomic E-state index is -0.676. The molecule has 1 aliphatic heterocycles. The second-order valence-electron chi connectivity index (χ2n) is 10.8. The maximum atomic E-state index is 13.3. The summed E-state index contributed by atoms with van der Waals surface area (Å²) in [4.78, 5) is 46.6. The van der Waals surface area contributed by atoms with Crippen LogP contribution in [0.1, 0.15) is 70.9 Å². The highest BCUT2D eigenvalue weighted by atomic mass is 35.5. The predicted octanol–water partition coefficient (Wildman–Crippen LogP) is 6.09. The number of anilines is 2. The number of carbonyl (C=O) groups is 3. The first-order valence-corrected chi connectivity index (χ1v) is 14.3. The predicted molar refractivity (Wildman–Crippen MR) is 158 cm³/mol. The molecule has 0 spiro atoms. The van der Waals surface area contributed by atoms with Gasteiger partial charge in [0.05, 0.1) is 11.3 Å². The van der Waals surface area contributed by atoms with E-state index in [9.17, 15) is 14.4 Å². The second-order valence-corrected chi connectivity index (χ2v) is 12.4. The van der Waals surface area contributed by atoms with Crippen LogP contribution in [0.15, 0.2) is 42.5 Å². The van der Waals surface area contributed by atoms with Crippen molar-refractivity contribution in [2.24, 2.45) is 0 Å². The Bertz CT molecular complexity index is 1400. The molecule has 0 aliphatic carbocycles. The summed E-state index contributed by atoms with van der Waals surface area (Å²) in [5.41, 5.74) is 2.14. The summed E-state index contributed by atoms with van der Waals surface area (Å²) in [5.74, 6) is -0.884. The average molecular weight is 584 g/mol. The van der Waals surface area contributed by atoms with Gasteiger partial charge in [0, 0.05) is 53.4 Å². The van der Waals surface area contributed by atoms with Gasteiger partial charge >= 0.3 is 12.0 Å². The number of hydrogen-bond donors (Lipinski definition) is 3. The Hall–Kier alpha value is -3.47. The zero-order chi connectivity index (χ0) is 29.0. The molecule has 40 heavy (non-hydrogen) atoms. The Morgan fingerprint density at radius 1 is 1.10 bits per heavy atom. The Labute approximate surface area is 243 Å². The van der Waals surface area contributed by atoms with Crippen LogP contribution in [0.2, 0.25) is 5.02 Å². The minimum Gasteiger partial charge on any atom is -0.456 e. The molecule has 0 radical (unpaired) electrons. The number of rotatable bonds is 7. The van der Waals surface area contributed by atoms with Gasteiger partial charge in [-0.15, -0.1) is 11.3 Å². The summed E-state index contributed by atoms with van der Waals surface area (Å²) in [7, 11) is 0. The first kappa shape index (κ1) is 29.5. The number of nitrogens with one attached hydrogen (secondary N) is 3. The molecule has 9 nitrogen and oxygen atoms in total. The van der Waals surface area contributed by atoms with E-state index in [1.54, 1.807) is 63.2 Å². The first-order valence-electron chi connectivity index (χ1n) is 13.1. The number of ether oxygens (including phenoxy) is 1. The number of aromatic nitrogens is 1. The van der Waals surface area contributed by atoms with Crippen molar-refractivity contribution < 1.29 is 19.1 Å². The maximum Gasteiger partial charge on any atom is 0.338 e. The molecular weight excluding hydrogens is 550 g/mol. The van der Waals surface area contributed by atoms with E-state index >= 15 is 0 Å². The number of esters is 1. The Balaban J connectivity index is 1.52. The summed E-state index contributed by atoms with van der Waals surface area (Å²) in [6, 6.07) is 11.6. The summed E-state index contributed by atoms with van der Waals surface area (Å²) < 4.78 is 5.51. The molecule has 4 rings (SSSR count). The largest absolute Gasteiger partial charge is 0.456 e. The van der Waals surface area contributed by atoms with E-state index in [-0.39, 0.29) is 18.0 Å². The molecule has 0 fully saturated rings. The van der Waals surface area contributed by atoms with Crippen LogP contribution in [-0.4, -0.2) is 46.0 Å². The lowest BCUT2D eigenvalue weighted by atomic mass is 10.1. The fraction of sp³-hybridized carbons (Fsp3) is 0.379. The first-order chi connectivity index (χ1) is 18.9. The molecule has 3 aromatic rings. The fourth-order valence-electron chi connectivity index (χ4n) is 4.12. The SMILES string of the molecule is CC(C)N1CCc2nc(C(=O)Nc3cc(C(=O)OC(C)(C)C)ccc3CNC(=O)Nc3ccc(Cl)cc3)sc2C1. The van der Waals surface area contributed by atoms with Crippen molar-refractivity contribution in [1.29, 1.82) is 0 Å². The maximum absolute atomic E-state index is 13.3. The average Bonchev–Trinajstić information content (AvgIpc) is 3.32. The van der Waals surface area contributed by atoms with Gasteiger partial charge in [-0.1, -0.05) is 17.7 Å². The van der Waals surface area contributed by atoms with Crippen molar-refractivity contribution in [3.05, 3.63) is 74.2 Å². The van der Waals surface area contributed by atoms with E-state index in [0.717, 1.165) is 30.1 Å². The van der Waals surface area contributed by atoms with E-state index in [0.29, 0.717) is 33.0 Å². The van der Waals surface area contributed by atoms with Crippen molar-refractivity contribution >= 4 is 52.2 Å². The smallest absolute Gasteiger partial charge is 0.338 e. The van der Waals surface area contributed by atoms with Crippen LogP contribution in [-0.2, 0) is 24.2 Å². The number of urea groups is 1. The van der Waals surface area contributed by atoms with Crippen LogP contribution in [0.3, 0.4) is 0 Å². The standard InChI is InChI=1S/C29H34ClN5O4S/c1-17(2)35-13-12-22-24(16-35)40-26(34-22)25(36)33-23-14-18(27(37)39-29(3,4)5)6-7-19(23)15-31-28(38)32-21-10-8-20(30)9-11-21/h6-11,14,17H,12-13,15-16H2,1-5H3,(H,33,36)(H2,31,32,38). The number of nitrogens with zero attached hydrogens (tertiary/aromatic N) is 2. The highest BCUT2D eigenvalue weighted by Crippen LogP contribution is 2.28. The third-order valence-electron chi connectivity index (χ3n) is 6.22. The number of fused-ring (bicyclic) bond motifs is 1. The number of hydrogen-bond acceptors (Lipinski definition) is 7. The molecule has 0 saturated carbocycles. The van der Waals surface area contributed by atoms with Crippen molar-refractivity contribution in [3.8, 4) is 0 Å². The van der Waals surface area contributed by atoms with Gasteiger partial charge in [0.25, 0.3) is 5.91 Å². The second kappa shape index (κ2) is 12.4. The van der Waals surface area contributed by atoms with Crippen LogP contribution in [0, 0.1) is 0 Å². The van der Waals surface area contributed by atoms with E-state index in [1.807, 2.05) is 0 Å². The zero-order valence-corrected chi connectivity index (χ0v) is 24.8. The van der Waals surface area contributed by atoms with Gasteiger partial charge in [-0.05, 0) is 76.6 Å². The van der Waals surface area contributed by atoms with Crippen LogP contribution < -0.4 is 16.0 Å². The lowest BCUT2D eigenvalue weighted by Gasteiger charge is -2.29. The highest BCUT2D eigenvalue weighted by Gasteiger charge is 2.25. The lowest BCUT2D eigenvalue weighted by molar-refractivity contribution is 0.00693. The molecule has 212 valence electrons. The van der Waals surface area contributed by atoms with Gasteiger partial charge in [0.15, 0.2) is 5.01 Å². The van der Waals surface area contributed by atoms with Crippen LogP contribution in [0.4, 0.5) is 16.2 Å². The van der Waals surface area contributed by atoms with Gasteiger partial charge < -0.3 is 20.7 Å². The number of halogens is 1. The van der Waals surface area contributed by atoms with Crippen molar-refractivity contribution in [1.82, 2.24) is 15.2 Å². The van der Waals surface area contributed by atoms with E-state index in [1.165, 1.54) is 11.3 Å². The molecular formula is C29H34ClN5O4S. The van der Waals surface area contributed by atoms with Crippen molar-refractivity contribution in [2.75, 3.05) is 17.2 Å². The van der Waals surface area contributed by atoms with E-state index < -0.39 is 17.6 Å². The molecule has 2 aromatic carbocycles. The molecule has 0 bridgehead atoms. The van der Waals surface area contributed by atoms with Crippen LogP contribution in [0.25, 0.3) is 0 Å². The number of amides is 3. The van der Waals surface area contributed by atoms with Crippen molar-refractivity contribution in [3.63, 3.8) is 0 Å². The monoisotopic (exact) mass is 583 g/mol. The third kappa shape index (κ3) is 7.80. The molecule has 0 unspecified atom stereocenters. The summed E-state index contributed by atoms with van der Waals surface area (Å²) in [5, 5.41) is 9.36. The van der Waals surface area contributed by atoms with E-state index in [2.05, 4.69) is 39.7 Å².